The fourth-order valence-electron chi connectivity index (χ4n) is 1.90. The molecule has 1 amide bonds. The molecule has 0 saturated carbocycles. The van der Waals surface area contributed by atoms with Crippen LogP contribution in [-0.2, 0) is 4.84 Å². The van der Waals surface area contributed by atoms with Crippen molar-refractivity contribution < 1.29 is 19.1 Å². The van der Waals surface area contributed by atoms with E-state index in [2.05, 4.69) is 59.3 Å². The highest BCUT2D eigenvalue weighted by Gasteiger charge is 2.21. The van der Waals surface area contributed by atoms with E-state index in [9.17, 15) is 9.18 Å². The van der Waals surface area contributed by atoms with Gasteiger partial charge in [0.1, 0.15) is 5.82 Å². The first-order valence-corrected chi connectivity index (χ1v) is 9.09. The number of halogens is 2. The van der Waals surface area contributed by atoms with Crippen LogP contribution in [0.3, 0.4) is 0 Å². The summed E-state index contributed by atoms with van der Waals surface area (Å²) in [4.78, 5) is 16.9. The van der Waals surface area contributed by atoms with Crippen LogP contribution in [0.2, 0.25) is 0 Å². The zero-order valence-corrected chi connectivity index (χ0v) is 17.2. The summed E-state index contributed by atoms with van der Waals surface area (Å²) in [5.74, 6) is -1.28. The second-order valence-electron chi connectivity index (χ2n) is 6.27. The molecule has 0 radical (unpaired) electrons. The first-order chi connectivity index (χ1) is 12.2. The first kappa shape index (κ1) is 22.3. The van der Waals surface area contributed by atoms with Gasteiger partial charge >= 0.3 is 0 Å². The lowest BCUT2D eigenvalue weighted by Crippen LogP contribution is -2.36. The number of nitrogen functional groups attached to an aromatic ring is 1. The molecule has 0 aliphatic carbocycles. The Morgan fingerprint density at radius 3 is 2.50 bits per heavy atom. The number of nitrogens with two attached hydrogens (primary N) is 1. The van der Waals surface area contributed by atoms with Crippen LogP contribution >= 0.6 is 22.6 Å². The Hall–Kier alpha value is -1.71. The Bertz CT molecular complexity index is 721. The number of benzene rings is 2. The second kappa shape index (κ2) is 10.4. The summed E-state index contributed by atoms with van der Waals surface area (Å²) >= 11 is 2.31. The molecular formula is C19H24FIN2O3. The number of hydrogen-bond acceptors (Lipinski definition) is 4. The van der Waals surface area contributed by atoms with Crippen LogP contribution in [0, 0.1) is 16.3 Å². The number of rotatable bonds is 5. The molecule has 5 nitrogen and oxygen atoms in total. The summed E-state index contributed by atoms with van der Waals surface area (Å²) in [5, 5.41) is 8.80. The third kappa shape index (κ3) is 7.67. The van der Waals surface area contributed by atoms with E-state index in [1.54, 1.807) is 13.8 Å². The van der Waals surface area contributed by atoms with Gasteiger partial charge in [-0.1, -0.05) is 23.8 Å². The normalized spacial score (nSPS) is 10.7. The molecule has 0 bridgehead atoms. The number of aliphatic hydroxyl groups excluding tert-OH is 1. The average molecular weight is 474 g/mol. The summed E-state index contributed by atoms with van der Waals surface area (Å²) in [6.07, 6.45) is 0.353. The lowest BCUT2D eigenvalue weighted by molar-refractivity contribution is -0.0805. The number of carbonyl (C=O) groups is 1. The standard InChI is InChI=1S/C12H17FN2O3.C7H7I/c1-12(2,6-7-16)18-15-11(17)8-4-3-5-9(13)10(8)14;1-6-3-2-4-7(8)5-6/h3-5,16H,6-7,14H2,1-2H3,(H,15,17);2-5H,1H3. The minimum atomic E-state index is -0.716. The van der Waals surface area contributed by atoms with Crippen molar-refractivity contribution in [1.82, 2.24) is 5.48 Å². The smallest absolute Gasteiger partial charge is 0.277 e. The zero-order valence-electron chi connectivity index (χ0n) is 15.1. The molecule has 26 heavy (non-hydrogen) atoms. The summed E-state index contributed by atoms with van der Waals surface area (Å²) < 4.78 is 14.5. The number of nitrogens with one attached hydrogen (secondary N) is 1. The molecule has 0 aliphatic heterocycles. The van der Waals surface area contributed by atoms with E-state index in [0.717, 1.165) is 0 Å². The predicted octanol–water partition coefficient (Wildman–Crippen LogP) is 3.83. The highest BCUT2D eigenvalue weighted by atomic mass is 127. The molecule has 2 aromatic carbocycles. The van der Waals surface area contributed by atoms with Gasteiger partial charge in [-0.3, -0.25) is 9.63 Å². The quantitative estimate of drug-likeness (QED) is 0.350. The second-order valence-corrected chi connectivity index (χ2v) is 7.51. The molecule has 0 heterocycles. The molecule has 2 aromatic rings. The van der Waals surface area contributed by atoms with Gasteiger partial charge in [0.25, 0.3) is 5.91 Å². The largest absolute Gasteiger partial charge is 0.396 e. The van der Waals surface area contributed by atoms with Crippen molar-refractivity contribution in [2.24, 2.45) is 0 Å². The maximum absolute atomic E-state index is 13.2. The number of hydroxylamine groups is 1. The predicted molar refractivity (Wildman–Crippen MR) is 109 cm³/mol. The van der Waals surface area contributed by atoms with Gasteiger partial charge in [0.15, 0.2) is 0 Å². The van der Waals surface area contributed by atoms with Crippen molar-refractivity contribution in [3.05, 3.63) is 63.0 Å². The van der Waals surface area contributed by atoms with E-state index >= 15 is 0 Å². The zero-order chi connectivity index (χ0) is 19.7. The molecule has 0 saturated heterocycles. The maximum Gasteiger partial charge on any atom is 0.277 e. The average Bonchev–Trinajstić information content (AvgIpc) is 2.55. The number of aryl methyl sites for hydroxylation is 1. The van der Waals surface area contributed by atoms with Gasteiger partial charge in [0.05, 0.1) is 16.9 Å². The van der Waals surface area contributed by atoms with E-state index in [-0.39, 0.29) is 17.9 Å². The van der Waals surface area contributed by atoms with E-state index in [1.165, 1.54) is 27.3 Å². The lowest BCUT2D eigenvalue weighted by Gasteiger charge is -2.23. The van der Waals surface area contributed by atoms with Gasteiger partial charge in [0.2, 0.25) is 0 Å². The monoisotopic (exact) mass is 474 g/mol. The summed E-state index contributed by atoms with van der Waals surface area (Å²) in [6, 6.07) is 12.4. The highest BCUT2D eigenvalue weighted by Crippen LogP contribution is 2.17. The molecule has 0 spiro atoms. The van der Waals surface area contributed by atoms with Crippen LogP contribution in [0.5, 0.6) is 0 Å². The van der Waals surface area contributed by atoms with Crippen molar-refractivity contribution in [2.75, 3.05) is 12.3 Å². The molecule has 7 heteroatoms. The van der Waals surface area contributed by atoms with Gasteiger partial charge in [0, 0.05) is 16.6 Å². The maximum atomic E-state index is 13.2. The number of amides is 1. The van der Waals surface area contributed by atoms with E-state index in [4.69, 9.17) is 15.7 Å². The fraction of sp³-hybridized carbons (Fsp3) is 0.316. The molecule has 0 atom stereocenters. The summed E-state index contributed by atoms with van der Waals surface area (Å²) in [6.45, 7) is 5.45. The number of para-hydroxylation sites is 1. The van der Waals surface area contributed by atoms with E-state index in [0.29, 0.717) is 6.42 Å². The fourth-order valence-corrected chi connectivity index (χ4v) is 2.60. The Morgan fingerprint density at radius 2 is 1.96 bits per heavy atom. The minimum Gasteiger partial charge on any atom is -0.396 e. The van der Waals surface area contributed by atoms with Crippen molar-refractivity contribution in [3.8, 4) is 0 Å². The third-order valence-corrected chi connectivity index (χ3v) is 4.08. The van der Waals surface area contributed by atoms with Gasteiger partial charge in [-0.05, 0) is 67.6 Å². The van der Waals surface area contributed by atoms with Crippen molar-refractivity contribution >= 4 is 34.2 Å². The van der Waals surface area contributed by atoms with Crippen molar-refractivity contribution in [2.45, 2.75) is 32.8 Å². The summed E-state index contributed by atoms with van der Waals surface area (Å²) in [7, 11) is 0. The highest BCUT2D eigenvalue weighted by molar-refractivity contribution is 14.1. The Labute approximate surface area is 166 Å². The van der Waals surface area contributed by atoms with Gasteiger partial charge in [-0.25, -0.2) is 9.87 Å². The number of aliphatic hydroxyl groups is 1. The van der Waals surface area contributed by atoms with E-state index < -0.39 is 17.3 Å². The Morgan fingerprint density at radius 1 is 1.31 bits per heavy atom. The molecule has 0 aromatic heterocycles. The van der Waals surface area contributed by atoms with Crippen LogP contribution in [0.25, 0.3) is 0 Å². The molecule has 0 fully saturated rings. The van der Waals surface area contributed by atoms with Gasteiger partial charge in [-0.2, -0.15) is 0 Å². The van der Waals surface area contributed by atoms with Crippen LogP contribution in [-0.4, -0.2) is 23.2 Å². The topological polar surface area (TPSA) is 84.6 Å². The van der Waals surface area contributed by atoms with Crippen LogP contribution in [0.1, 0.15) is 36.2 Å². The molecule has 2 rings (SSSR count). The first-order valence-electron chi connectivity index (χ1n) is 8.01. The van der Waals surface area contributed by atoms with Crippen LogP contribution in [0.15, 0.2) is 42.5 Å². The Balaban J connectivity index is 0.000000350. The van der Waals surface area contributed by atoms with Crippen LogP contribution < -0.4 is 11.2 Å². The van der Waals surface area contributed by atoms with Crippen molar-refractivity contribution in [1.29, 1.82) is 0 Å². The Kier molecular flexibility index (Phi) is 8.97. The molecule has 0 aliphatic rings. The third-order valence-electron chi connectivity index (χ3n) is 3.41. The number of anilines is 1. The molecule has 0 unspecified atom stereocenters. The molecule has 142 valence electrons. The van der Waals surface area contributed by atoms with E-state index in [1.807, 2.05) is 0 Å². The van der Waals surface area contributed by atoms with Crippen LogP contribution in [0.4, 0.5) is 10.1 Å². The SMILES string of the molecule is CC(C)(CCO)ONC(=O)c1cccc(F)c1N.Cc1cccc(I)c1. The van der Waals surface area contributed by atoms with Gasteiger partial charge < -0.3 is 10.8 Å². The lowest BCUT2D eigenvalue weighted by atomic mass is 10.1. The molecular weight excluding hydrogens is 450 g/mol. The van der Waals surface area contributed by atoms with Gasteiger partial charge in [-0.15, -0.1) is 0 Å². The van der Waals surface area contributed by atoms with Crippen molar-refractivity contribution in [3.63, 3.8) is 0 Å². The minimum absolute atomic E-state index is 0.00907. The molecule has 4 N–H and O–H groups in total. The number of hydrogen-bond donors (Lipinski definition) is 3. The number of carbonyl (C=O) groups excluding carboxylic acids is 1. The summed E-state index contributed by atoms with van der Waals surface area (Å²) in [5.41, 5.74) is 8.05.